The molecule has 4 atom stereocenters. The van der Waals surface area contributed by atoms with Crippen molar-refractivity contribution in [3.05, 3.63) is 113 Å². The van der Waals surface area contributed by atoms with Gasteiger partial charge in [0.1, 0.15) is 21.4 Å². The highest BCUT2D eigenvalue weighted by molar-refractivity contribution is 7.93. The molecule has 2 unspecified atom stereocenters. The highest BCUT2D eigenvalue weighted by atomic mass is 32.2. The zero-order chi connectivity index (χ0) is 35.8. The van der Waals surface area contributed by atoms with E-state index in [-0.39, 0.29) is 34.1 Å². The number of H-pyrrole nitrogens is 1. The van der Waals surface area contributed by atoms with Crippen LogP contribution in [0.15, 0.2) is 97.5 Å². The Morgan fingerprint density at radius 2 is 1.85 bits per heavy atom. The lowest BCUT2D eigenvalue weighted by Crippen LogP contribution is -2.41. The van der Waals surface area contributed by atoms with Crippen molar-refractivity contribution in [1.82, 2.24) is 20.3 Å². The van der Waals surface area contributed by atoms with E-state index in [0.717, 1.165) is 61.3 Å². The Labute approximate surface area is 307 Å². The van der Waals surface area contributed by atoms with E-state index < -0.39 is 39.3 Å². The van der Waals surface area contributed by atoms with Gasteiger partial charge in [0, 0.05) is 45.0 Å². The molecule has 1 spiro atoms. The largest absolute Gasteiger partial charge is 0.469 e. The molecule has 4 aliphatic heterocycles. The van der Waals surface area contributed by atoms with Crippen LogP contribution in [0.4, 0.5) is 5.69 Å². The number of carbonyl (C=O) groups is 1. The Bertz CT molecular complexity index is 2780. The Morgan fingerprint density at radius 3 is 2.70 bits per heavy atom. The van der Waals surface area contributed by atoms with Crippen LogP contribution in [-0.2, 0) is 26.5 Å². The quantitative estimate of drug-likeness (QED) is 0.167. The number of oxazole rings is 2. The van der Waals surface area contributed by atoms with Gasteiger partial charge in [0.15, 0.2) is 33.3 Å². The number of nitrogens with zero attached hydrogens (tertiary/aromatic N) is 2. The van der Waals surface area contributed by atoms with Crippen molar-refractivity contribution in [2.75, 3.05) is 11.1 Å². The molecule has 7 aromatic rings. The summed E-state index contributed by atoms with van der Waals surface area (Å²) in [5.74, 6) is 0.397. The van der Waals surface area contributed by atoms with Gasteiger partial charge < -0.3 is 29.2 Å². The lowest BCUT2D eigenvalue weighted by molar-refractivity contribution is -0.125. The summed E-state index contributed by atoms with van der Waals surface area (Å²) < 4.78 is 48.0. The van der Waals surface area contributed by atoms with Gasteiger partial charge in [0.25, 0.3) is 0 Å². The van der Waals surface area contributed by atoms with Gasteiger partial charge >= 0.3 is 0 Å². The summed E-state index contributed by atoms with van der Waals surface area (Å²) in [6, 6.07) is 20.9. The topological polar surface area (TPSA) is 152 Å². The molecular formula is C40H31N5O6S2. The maximum absolute atomic E-state index is 14.3. The number of fused-ring (bicyclic) bond motifs is 7. The predicted octanol–water partition coefficient (Wildman–Crippen LogP) is 7.46. The Kier molecular flexibility index (Phi) is 6.24. The van der Waals surface area contributed by atoms with Gasteiger partial charge in [-0.05, 0) is 47.0 Å². The molecule has 4 aliphatic rings. The van der Waals surface area contributed by atoms with Crippen LogP contribution in [0.25, 0.3) is 44.9 Å². The summed E-state index contributed by atoms with van der Waals surface area (Å²) in [7, 11) is -3.77. The molecule has 0 fully saturated rings. The van der Waals surface area contributed by atoms with Gasteiger partial charge in [-0.2, -0.15) is 0 Å². The van der Waals surface area contributed by atoms with Crippen LogP contribution >= 0.6 is 11.3 Å². The number of nitrogens with one attached hydrogen (secondary N) is 3. The first-order chi connectivity index (χ1) is 25.7. The van der Waals surface area contributed by atoms with E-state index in [9.17, 15) is 13.2 Å². The Morgan fingerprint density at radius 1 is 0.981 bits per heavy atom. The number of amides is 1. The van der Waals surface area contributed by atoms with Crippen LogP contribution in [0.3, 0.4) is 0 Å². The molecule has 3 aromatic carbocycles. The van der Waals surface area contributed by atoms with Gasteiger partial charge in [-0.3, -0.25) is 4.79 Å². The van der Waals surface area contributed by atoms with Gasteiger partial charge in [-0.15, -0.1) is 11.3 Å². The molecule has 3 N–H and O–H groups in total. The van der Waals surface area contributed by atoms with Crippen molar-refractivity contribution in [2.45, 2.75) is 42.2 Å². The van der Waals surface area contributed by atoms with Crippen molar-refractivity contribution >= 4 is 43.7 Å². The molecule has 8 heterocycles. The van der Waals surface area contributed by atoms with Crippen molar-refractivity contribution in [1.29, 1.82) is 0 Å². The van der Waals surface area contributed by atoms with Crippen LogP contribution in [-0.4, -0.2) is 41.3 Å². The fraction of sp³-hybridized carbons (Fsp3) is 0.225. The monoisotopic (exact) mass is 741 g/mol. The molecule has 0 radical (unpaired) electrons. The van der Waals surface area contributed by atoms with Crippen molar-refractivity contribution < 1.29 is 26.8 Å². The van der Waals surface area contributed by atoms with E-state index >= 15 is 0 Å². The van der Waals surface area contributed by atoms with E-state index in [1.807, 2.05) is 50.4 Å². The van der Waals surface area contributed by atoms with E-state index in [2.05, 4.69) is 39.9 Å². The summed E-state index contributed by atoms with van der Waals surface area (Å²) >= 11 is 1.15. The first kappa shape index (κ1) is 30.9. The summed E-state index contributed by atoms with van der Waals surface area (Å²) in [6.45, 7) is 3.94. The molecule has 53 heavy (non-hydrogen) atoms. The lowest BCUT2D eigenvalue weighted by atomic mass is 9.72. The number of carbonyl (C=O) groups excluding carboxylic acids is 1. The van der Waals surface area contributed by atoms with E-state index in [1.54, 1.807) is 23.7 Å². The average molecular weight is 742 g/mol. The molecule has 11 nitrogen and oxygen atoms in total. The summed E-state index contributed by atoms with van der Waals surface area (Å²) in [5.41, 5.74) is 6.59. The second kappa shape index (κ2) is 10.7. The highest BCUT2D eigenvalue weighted by Gasteiger charge is 2.61. The Balaban J connectivity index is 1.21. The average Bonchev–Trinajstić information content (AvgIpc) is 3.99. The number of aromatic amines is 1. The van der Waals surface area contributed by atoms with Crippen molar-refractivity contribution in [3.63, 3.8) is 0 Å². The van der Waals surface area contributed by atoms with E-state index in [4.69, 9.17) is 23.5 Å². The fourth-order valence-corrected chi connectivity index (χ4v) is 11.4. The molecule has 4 aromatic heterocycles. The number of ether oxygens (including phenoxy) is 1. The van der Waals surface area contributed by atoms with Gasteiger partial charge in [-0.25, -0.2) is 18.4 Å². The van der Waals surface area contributed by atoms with Gasteiger partial charge in [0.2, 0.25) is 17.7 Å². The zero-order valence-corrected chi connectivity index (χ0v) is 30.1. The van der Waals surface area contributed by atoms with Crippen LogP contribution in [0.5, 0.6) is 5.75 Å². The van der Waals surface area contributed by atoms with E-state index in [1.165, 1.54) is 0 Å². The van der Waals surface area contributed by atoms with Crippen molar-refractivity contribution in [3.8, 4) is 39.8 Å². The standard InChI is InChI=1S/C40H31N5O6S2/c1-19(2)32-38-44-34-35(51-38)40-25-8-3-7-23(22-6-4-9-27-31(22)24(16-41-27)29-17-42-37(34)49-29)33(25)45-39(40)50-28-12-11-20(15-26(28)40)14-21(36(46)43-32)18-53(47,48)30-10-5-13-52-30/h3-13,15-17,19,21,32,39,41,45H,14,18H2,1-2H3,(H,43,46)/t21?,32-,39?,40-/m0/s1. The number of para-hydroxylation sites is 1. The summed E-state index contributed by atoms with van der Waals surface area (Å²) in [4.78, 5) is 27.6. The number of sulfone groups is 1. The number of hydrogen-bond donors (Lipinski definition) is 3. The second-order valence-corrected chi connectivity index (χ2v) is 17.8. The molecule has 0 saturated heterocycles. The number of aromatic nitrogens is 3. The fourth-order valence-electron chi connectivity index (χ4n) is 8.73. The molecule has 10 bridgehead atoms. The lowest BCUT2D eigenvalue weighted by Gasteiger charge is -2.28. The molecule has 264 valence electrons. The smallest absolute Gasteiger partial charge is 0.249 e. The van der Waals surface area contributed by atoms with Crippen molar-refractivity contribution in [2.24, 2.45) is 11.8 Å². The summed E-state index contributed by atoms with van der Waals surface area (Å²) in [5, 5.41) is 9.65. The maximum Gasteiger partial charge on any atom is 0.249 e. The molecule has 0 saturated carbocycles. The van der Waals surface area contributed by atoms with Gasteiger partial charge in [0.05, 0.1) is 17.9 Å². The number of thiophene rings is 1. The van der Waals surface area contributed by atoms with E-state index in [0.29, 0.717) is 23.0 Å². The third kappa shape index (κ3) is 4.20. The summed E-state index contributed by atoms with van der Waals surface area (Å²) in [6.07, 6.45) is 3.19. The maximum atomic E-state index is 14.3. The SMILES string of the molecule is CC(C)[C@@H]1NC(=O)C(CS(=O)(=O)c2cccs2)Cc2ccc3c(c2)[C@]24c5cccc(c5NC2O3)-c2cccc3[nH]cc(c23)-c2cnc(o2)-c2nc1oc24. The number of hydrogen-bond acceptors (Lipinski definition) is 10. The van der Waals surface area contributed by atoms with Crippen LogP contribution in [0.2, 0.25) is 0 Å². The van der Waals surface area contributed by atoms with Crippen LogP contribution in [0, 0.1) is 11.8 Å². The number of anilines is 1. The Hall–Kier alpha value is -5.66. The minimum Gasteiger partial charge on any atom is -0.469 e. The molecule has 11 rings (SSSR count). The molecule has 13 heteroatoms. The minimum absolute atomic E-state index is 0.178. The third-order valence-electron chi connectivity index (χ3n) is 11.1. The first-order valence-corrected chi connectivity index (χ1v) is 20.1. The molecule has 1 amide bonds. The number of rotatable bonds is 4. The highest BCUT2D eigenvalue weighted by Crippen LogP contribution is 2.61. The second-order valence-electron chi connectivity index (χ2n) is 14.5. The normalized spacial score (nSPS) is 22.1. The van der Waals surface area contributed by atoms with Crippen LogP contribution in [0.1, 0.15) is 48.2 Å². The third-order valence-corrected chi connectivity index (χ3v) is 14.5. The molecular weight excluding hydrogens is 711 g/mol. The zero-order valence-electron chi connectivity index (χ0n) is 28.5. The first-order valence-electron chi connectivity index (χ1n) is 17.6. The van der Waals surface area contributed by atoms with Crippen LogP contribution < -0.4 is 15.4 Å². The predicted molar refractivity (Wildman–Crippen MR) is 198 cm³/mol. The van der Waals surface area contributed by atoms with Gasteiger partial charge in [-0.1, -0.05) is 62.4 Å². The molecule has 0 aliphatic carbocycles. The number of benzene rings is 3. The minimum atomic E-state index is -3.77.